The lowest BCUT2D eigenvalue weighted by Gasteiger charge is -2.32. The number of alkyl halides is 3. The van der Waals surface area contributed by atoms with Crippen LogP contribution < -0.4 is 10.2 Å². The van der Waals surface area contributed by atoms with Crippen molar-refractivity contribution in [1.29, 1.82) is 0 Å². The van der Waals surface area contributed by atoms with E-state index in [-0.39, 0.29) is 17.0 Å². The van der Waals surface area contributed by atoms with Crippen LogP contribution in [0.3, 0.4) is 0 Å². The lowest BCUT2D eigenvalue weighted by molar-refractivity contribution is -0.141. The van der Waals surface area contributed by atoms with Crippen LogP contribution in [0, 0.1) is 5.92 Å². The van der Waals surface area contributed by atoms with E-state index in [0.29, 0.717) is 49.0 Å². The van der Waals surface area contributed by atoms with E-state index in [4.69, 9.17) is 11.6 Å². The molecule has 1 aliphatic carbocycles. The van der Waals surface area contributed by atoms with Crippen LogP contribution in [-0.4, -0.2) is 34.5 Å². The molecule has 2 amide bonds. The molecular weight excluding hydrogens is 519 g/mol. The zero-order chi connectivity index (χ0) is 27.1. The predicted octanol–water partition coefficient (Wildman–Crippen LogP) is 5.33. The van der Waals surface area contributed by atoms with Crippen molar-refractivity contribution in [2.24, 2.45) is 5.92 Å². The molecule has 0 bridgehead atoms. The first kappa shape index (κ1) is 26.2. The zero-order valence-corrected chi connectivity index (χ0v) is 21.0. The second-order valence-electron chi connectivity index (χ2n) is 9.75. The monoisotopic (exact) mass is 543 g/mol. The van der Waals surface area contributed by atoms with E-state index in [2.05, 4.69) is 10.3 Å². The van der Waals surface area contributed by atoms with E-state index in [1.807, 2.05) is 18.2 Å². The number of aromatic nitrogens is 1. The fraction of sp³-hybridized carbons (Fsp3) is 0.321. The molecule has 1 aliphatic heterocycles. The quantitative estimate of drug-likeness (QED) is 0.456. The molecule has 1 unspecified atom stereocenters. The van der Waals surface area contributed by atoms with Crippen molar-refractivity contribution in [3.8, 4) is 0 Å². The fourth-order valence-corrected chi connectivity index (χ4v) is 5.58. The fourth-order valence-electron chi connectivity index (χ4n) is 5.42. The van der Waals surface area contributed by atoms with Gasteiger partial charge in [0.25, 0.3) is 11.8 Å². The Bertz CT molecular complexity index is 1360. The molecule has 2 aromatic carbocycles. The summed E-state index contributed by atoms with van der Waals surface area (Å²) in [6.45, 7) is 0.391. The Labute approximate surface area is 222 Å². The Hall–Kier alpha value is -3.43. The van der Waals surface area contributed by atoms with E-state index in [1.54, 1.807) is 41.3 Å². The number of rotatable bonds is 5. The van der Waals surface area contributed by atoms with Crippen molar-refractivity contribution in [3.05, 3.63) is 94.3 Å². The largest absolute Gasteiger partial charge is 0.434 e. The summed E-state index contributed by atoms with van der Waals surface area (Å²) in [5.74, 6) is -1.18. The van der Waals surface area contributed by atoms with E-state index >= 15 is 0 Å². The number of hydrogen-bond donors (Lipinski definition) is 2. The standard InChI is InChI=1S/C28H25ClF3N3O3/c29-19-14-21(24(33-15-19)28(30,31)32)25(36)34-20-12-10-17(11-13-20)16-35-23-9-5-4-8-22(23)27(38,26(35)37)18-6-2-1-3-7-18/h1-9,14-15,17,20,38H,10-13,16H2,(H,34,36). The van der Waals surface area contributed by atoms with Crippen LogP contribution in [0.15, 0.2) is 66.9 Å². The van der Waals surface area contributed by atoms with Gasteiger partial charge in [-0.05, 0) is 49.3 Å². The topological polar surface area (TPSA) is 82.5 Å². The van der Waals surface area contributed by atoms with Gasteiger partial charge in [0.15, 0.2) is 11.3 Å². The Morgan fingerprint density at radius 3 is 2.42 bits per heavy atom. The van der Waals surface area contributed by atoms with Gasteiger partial charge in [0.2, 0.25) is 0 Å². The molecule has 6 nitrogen and oxygen atoms in total. The van der Waals surface area contributed by atoms with Crippen LogP contribution in [0.5, 0.6) is 0 Å². The number of hydrogen-bond acceptors (Lipinski definition) is 4. The SMILES string of the molecule is O=C(NC1CCC(CN2C(=O)C(O)(c3ccccc3)c3ccccc32)CC1)c1cc(Cl)cnc1C(F)(F)F. The van der Waals surface area contributed by atoms with Crippen LogP contribution in [0.4, 0.5) is 18.9 Å². The molecule has 0 spiro atoms. The number of carbonyl (C=O) groups is 2. The van der Waals surface area contributed by atoms with E-state index in [1.165, 1.54) is 0 Å². The molecule has 0 radical (unpaired) electrons. The molecule has 1 atom stereocenters. The molecule has 2 heterocycles. The molecule has 1 saturated carbocycles. The average molecular weight is 544 g/mol. The molecule has 5 rings (SSSR count). The minimum atomic E-state index is -4.78. The number of fused-ring (bicyclic) bond motifs is 1. The maximum absolute atomic E-state index is 13.6. The van der Waals surface area contributed by atoms with Gasteiger partial charge < -0.3 is 15.3 Å². The van der Waals surface area contributed by atoms with Crippen molar-refractivity contribution in [2.75, 3.05) is 11.4 Å². The molecule has 1 aromatic heterocycles. The van der Waals surface area contributed by atoms with E-state index < -0.39 is 34.8 Å². The van der Waals surface area contributed by atoms with E-state index in [0.717, 1.165) is 12.3 Å². The second kappa shape index (κ2) is 10.0. The Morgan fingerprint density at radius 2 is 1.74 bits per heavy atom. The minimum Gasteiger partial charge on any atom is -0.372 e. The Balaban J connectivity index is 1.26. The van der Waals surface area contributed by atoms with E-state index in [9.17, 15) is 27.9 Å². The summed E-state index contributed by atoms with van der Waals surface area (Å²) >= 11 is 5.80. The summed E-state index contributed by atoms with van der Waals surface area (Å²) in [5, 5.41) is 14.2. The van der Waals surface area contributed by atoms with Crippen LogP contribution in [-0.2, 0) is 16.6 Å². The highest BCUT2D eigenvalue weighted by Crippen LogP contribution is 2.45. The third-order valence-electron chi connectivity index (χ3n) is 7.32. The number of amides is 2. The van der Waals surface area contributed by atoms with Crippen LogP contribution >= 0.6 is 11.6 Å². The maximum atomic E-state index is 13.6. The lowest BCUT2D eigenvalue weighted by atomic mass is 9.85. The van der Waals surface area contributed by atoms with Gasteiger partial charge in [-0.2, -0.15) is 13.2 Å². The van der Waals surface area contributed by atoms with Crippen molar-refractivity contribution < 1.29 is 27.9 Å². The van der Waals surface area contributed by atoms with Crippen LogP contribution in [0.1, 0.15) is 52.9 Å². The predicted molar refractivity (Wildman–Crippen MR) is 136 cm³/mol. The summed E-state index contributed by atoms with van der Waals surface area (Å²) in [5.41, 5.74) is -1.96. The molecule has 10 heteroatoms. The van der Waals surface area contributed by atoms with Crippen LogP contribution in [0.25, 0.3) is 0 Å². The van der Waals surface area contributed by atoms with Crippen molar-refractivity contribution >= 4 is 29.1 Å². The van der Waals surface area contributed by atoms with Gasteiger partial charge in [0.05, 0.1) is 16.3 Å². The summed E-state index contributed by atoms with van der Waals surface area (Å²) in [6.07, 6.45) is -1.53. The number of halogens is 4. The van der Waals surface area contributed by atoms with Gasteiger partial charge in [-0.15, -0.1) is 0 Å². The minimum absolute atomic E-state index is 0.0575. The lowest BCUT2D eigenvalue weighted by Crippen LogP contribution is -2.44. The molecule has 2 aliphatic rings. The molecule has 3 aromatic rings. The number of nitrogens with one attached hydrogen (secondary N) is 1. The van der Waals surface area contributed by atoms with Crippen LogP contribution in [0.2, 0.25) is 5.02 Å². The number of benzene rings is 2. The van der Waals surface area contributed by atoms with Gasteiger partial charge in [-0.3, -0.25) is 9.59 Å². The summed E-state index contributed by atoms with van der Waals surface area (Å²) in [6, 6.07) is 16.7. The number of carbonyl (C=O) groups excluding carboxylic acids is 2. The summed E-state index contributed by atoms with van der Waals surface area (Å²) < 4.78 is 40.0. The smallest absolute Gasteiger partial charge is 0.372 e. The first-order valence-electron chi connectivity index (χ1n) is 12.3. The van der Waals surface area contributed by atoms with Gasteiger partial charge in [-0.1, -0.05) is 60.1 Å². The maximum Gasteiger partial charge on any atom is 0.434 e. The third-order valence-corrected chi connectivity index (χ3v) is 7.53. The zero-order valence-electron chi connectivity index (χ0n) is 20.2. The Morgan fingerprint density at radius 1 is 1.08 bits per heavy atom. The number of anilines is 1. The normalized spacial score (nSPS) is 23.3. The number of aliphatic hydroxyl groups is 1. The van der Waals surface area contributed by atoms with Crippen molar-refractivity contribution in [2.45, 2.75) is 43.5 Å². The number of nitrogens with zero attached hydrogens (tertiary/aromatic N) is 2. The molecule has 2 N–H and O–H groups in total. The average Bonchev–Trinajstić information content (AvgIpc) is 3.12. The highest BCUT2D eigenvalue weighted by molar-refractivity contribution is 6.30. The number of pyridine rings is 1. The molecule has 38 heavy (non-hydrogen) atoms. The molecule has 198 valence electrons. The second-order valence-corrected chi connectivity index (χ2v) is 10.2. The highest BCUT2D eigenvalue weighted by Gasteiger charge is 2.51. The first-order chi connectivity index (χ1) is 18.1. The molecule has 1 fully saturated rings. The van der Waals surface area contributed by atoms with Gasteiger partial charge in [0, 0.05) is 24.3 Å². The van der Waals surface area contributed by atoms with Crippen molar-refractivity contribution in [1.82, 2.24) is 10.3 Å². The van der Waals surface area contributed by atoms with Gasteiger partial charge in [0.1, 0.15) is 0 Å². The molecular formula is C28H25ClF3N3O3. The molecule has 0 saturated heterocycles. The van der Waals surface area contributed by atoms with Gasteiger partial charge >= 0.3 is 6.18 Å². The van der Waals surface area contributed by atoms with Crippen molar-refractivity contribution in [3.63, 3.8) is 0 Å². The first-order valence-corrected chi connectivity index (χ1v) is 12.7. The third kappa shape index (κ3) is 4.76. The van der Waals surface area contributed by atoms with Gasteiger partial charge in [-0.25, -0.2) is 4.98 Å². The summed E-state index contributed by atoms with van der Waals surface area (Å²) in [4.78, 5) is 31.2. The summed E-state index contributed by atoms with van der Waals surface area (Å²) in [7, 11) is 0. The highest BCUT2D eigenvalue weighted by atomic mass is 35.5. The number of para-hydroxylation sites is 1. The Kier molecular flexibility index (Phi) is 6.92.